The monoisotopic (exact) mass is 239 g/mol. The highest BCUT2D eigenvalue weighted by atomic mass is 19.1. The van der Waals surface area contributed by atoms with Crippen molar-refractivity contribution < 1.29 is 8.78 Å². The molecule has 1 saturated carbocycles. The average Bonchev–Trinajstić information content (AvgIpc) is 2.77. The summed E-state index contributed by atoms with van der Waals surface area (Å²) in [5.41, 5.74) is 0.744. The third kappa shape index (κ3) is 3.25. The van der Waals surface area contributed by atoms with Crippen LogP contribution in [-0.4, -0.2) is 13.1 Å². The lowest BCUT2D eigenvalue weighted by molar-refractivity contribution is 0.376. The summed E-state index contributed by atoms with van der Waals surface area (Å²) in [5, 5.41) is 3.29. The molecule has 1 atom stereocenters. The van der Waals surface area contributed by atoms with Gasteiger partial charge < -0.3 is 5.32 Å². The molecular weight excluding hydrogens is 220 g/mol. The lowest BCUT2D eigenvalue weighted by Gasteiger charge is -2.23. The van der Waals surface area contributed by atoms with Gasteiger partial charge in [-0.25, -0.2) is 8.78 Å². The molecule has 2 rings (SSSR count). The first-order valence-electron chi connectivity index (χ1n) is 6.31. The van der Waals surface area contributed by atoms with Crippen LogP contribution < -0.4 is 5.32 Å². The molecule has 0 heterocycles. The molecule has 1 nitrogen and oxygen atoms in total. The summed E-state index contributed by atoms with van der Waals surface area (Å²) in [6, 6.07) is 4.12. The van der Waals surface area contributed by atoms with Crippen molar-refractivity contribution in [1.29, 1.82) is 0 Å². The van der Waals surface area contributed by atoms with Crippen LogP contribution in [0.4, 0.5) is 8.78 Å². The molecule has 1 N–H and O–H groups in total. The van der Waals surface area contributed by atoms with Crippen molar-refractivity contribution in [1.82, 2.24) is 5.32 Å². The fourth-order valence-corrected chi connectivity index (χ4v) is 2.85. The molecule has 1 fully saturated rings. The van der Waals surface area contributed by atoms with Gasteiger partial charge in [0.1, 0.15) is 11.6 Å². The first kappa shape index (κ1) is 12.5. The molecule has 0 aromatic heterocycles. The van der Waals surface area contributed by atoms with E-state index >= 15 is 0 Å². The Morgan fingerprint density at radius 3 is 2.29 bits per heavy atom. The van der Waals surface area contributed by atoms with Crippen LogP contribution in [0.2, 0.25) is 0 Å². The standard InChI is InChI=1S/C14H19F2N/c1-17-14(11-4-2-3-5-11)8-10-6-12(15)9-13(16)7-10/h6-7,9,11,14,17H,2-5,8H2,1H3. The van der Waals surface area contributed by atoms with Crippen LogP contribution in [-0.2, 0) is 6.42 Å². The van der Waals surface area contributed by atoms with E-state index in [2.05, 4.69) is 5.32 Å². The first-order chi connectivity index (χ1) is 8.19. The SMILES string of the molecule is CNC(Cc1cc(F)cc(F)c1)C1CCCC1. The largest absolute Gasteiger partial charge is 0.316 e. The Hall–Kier alpha value is -0.960. The number of nitrogens with one attached hydrogen (secondary N) is 1. The van der Waals surface area contributed by atoms with Gasteiger partial charge in [-0.15, -0.1) is 0 Å². The fraction of sp³-hybridized carbons (Fsp3) is 0.571. The van der Waals surface area contributed by atoms with Crippen molar-refractivity contribution in [3.8, 4) is 0 Å². The topological polar surface area (TPSA) is 12.0 Å². The highest BCUT2D eigenvalue weighted by Gasteiger charge is 2.24. The van der Waals surface area contributed by atoms with Gasteiger partial charge in [0.15, 0.2) is 0 Å². The van der Waals surface area contributed by atoms with Gasteiger partial charge in [0, 0.05) is 12.1 Å². The van der Waals surface area contributed by atoms with Crippen LogP contribution >= 0.6 is 0 Å². The molecule has 0 amide bonds. The molecular formula is C14H19F2N. The molecule has 1 aromatic rings. The maximum atomic E-state index is 13.1. The molecule has 3 heteroatoms. The zero-order valence-electron chi connectivity index (χ0n) is 10.2. The molecule has 1 aliphatic rings. The minimum Gasteiger partial charge on any atom is -0.316 e. The molecule has 0 bridgehead atoms. The highest BCUT2D eigenvalue weighted by molar-refractivity contribution is 5.19. The molecule has 0 aliphatic heterocycles. The summed E-state index contributed by atoms with van der Waals surface area (Å²) in [5.74, 6) is -0.325. The van der Waals surface area contributed by atoms with Crippen molar-refractivity contribution in [3.63, 3.8) is 0 Å². The van der Waals surface area contributed by atoms with Crippen LogP contribution in [0.1, 0.15) is 31.2 Å². The predicted octanol–water partition coefficient (Wildman–Crippen LogP) is 3.29. The van der Waals surface area contributed by atoms with E-state index in [0.29, 0.717) is 18.4 Å². The zero-order valence-corrected chi connectivity index (χ0v) is 10.2. The van der Waals surface area contributed by atoms with Gasteiger partial charge in [-0.1, -0.05) is 12.8 Å². The summed E-state index contributed by atoms with van der Waals surface area (Å²) < 4.78 is 26.2. The van der Waals surface area contributed by atoms with E-state index < -0.39 is 11.6 Å². The third-order valence-electron chi connectivity index (χ3n) is 3.72. The van der Waals surface area contributed by atoms with Gasteiger partial charge >= 0.3 is 0 Å². The maximum absolute atomic E-state index is 13.1. The smallest absolute Gasteiger partial charge is 0.126 e. The average molecular weight is 239 g/mol. The number of halogens is 2. The second kappa shape index (κ2) is 5.58. The van der Waals surface area contributed by atoms with Crippen molar-refractivity contribution in [2.24, 2.45) is 5.92 Å². The van der Waals surface area contributed by atoms with Gasteiger partial charge in [0.05, 0.1) is 0 Å². The Labute approximate surface area is 101 Å². The second-order valence-corrected chi connectivity index (χ2v) is 4.92. The summed E-state index contributed by atoms with van der Waals surface area (Å²) in [4.78, 5) is 0. The van der Waals surface area contributed by atoms with Gasteiger partial charge in [-0.05, 0) is 49.9 Å². The van der Waals surface area contributed by atoms with E-state index in [1.54, 1.807) is 0 Å². The number of likely N-dealkylation sites (N-methyl/N-ethyl adjacent to an activating group) is 1. The molecule has 0 spiro atoms. The lowest BCUT2D eigenvalue weighted by Crippen LogP contribution is -2.34. The van der Waals surface area contributed by atoms with Crippen molar-refractivity contribution in [2.45, 2.75) is 38.1 Å². The summed E-state index contributed by atoms with van der Waals surface area (Å²) in [6.07, 6.45) is 5.71. The fourth-order valence-electron chi connectivity index (χ4n) is 2.85. The van der Waals surface area contributed by atoms with E-state index in [9.17, 15) is 8.78 Å². The van der Waals surface area contributed by atoms with E-state index in [-0.39, 0.29) is 0 Å². The Kier molecular flexibility index (Phi) is 4.11. The minimum atomic E-state index is -0.485. The quantitative estimate of drug-likeness (QED) is 0.850. The molecule has 1 unspecified atom stereocenters. The molecule has 1 aliphatic carbocycles. The van der Waals surface area contributed by atoms with Crippen LogP contribution in [0.25, 0.3) is 0 Å². The van der Waals surface area contributed by atoms with Crippen LogP contribution in [0.3, 0.4) is 0 Å². The zero-order chi connectivity index (χ0) is 12.3. The summed E-state index contributed by atoms with van der Waals surface area (Å²) in [7, 11) is 1.93. The maximum Gasteiger partial charge on any atom is 0.126 e. The van der Waals surface area contributed by atoms with E-state index in [1.165, 1.54) is 37.8 Å². The van der Waals surface area contributed by atoms with Crippen LogP contribution in [0.15, 0.2) is 18.2 Å². The highest BCUT2D eigenvalue weighted by Crippen LogP contribution is 2.29. The molecule has 17 heavy (non-hydrogen) atoms. The van der Waals surface area contributed by atoms with Gasteiger partial charge in [-0.2, -0.15) is 0 Å². The van der Waals surface area contributed by atoms with Crippen LogP contribution in [0.5, 0.6) is 0 Å². The molecule has 0 radical (unpaired) electrons. The summed E-state index contributed by atoms with van der Waals surface area (Å²) >= 11 is 0. The second-order valence-electron chi connectivity index (χ2n) is 4.92. The van der Waals surface area contributed by atoms with Crippen molar-refractivity contribution >= 4 is 0 Å². The molecule has 0 saturated heterocycles. The van der Waals surface area contributed by atoms with Crippen molar-refractivity contribution in [3.05, 3.63) is 35.4 Å². The number of hydrogen-bond acceptors (Lipinski definition) is 1. The normalized spacial score (nSPS) is 18.5. The molecule has 1 aromatic carbocycles. The number of rotatable bonds is 4. The summed E-state index contributed by atoms with van der Waals surface area (Å²) in [6.45, 7) is 0. The van der Waals surface area contributed by atoms with Crippen molar-refractivity contribution in [2.75, 3.05) is 7.05 Å². The minimum absolute atomic E-state index is 0.332. The lowest BCUT2D eigenvalue weighted by atomic mass is 9.92. The number of benzene rings is 1. The van der Waals surface area contributed by atoms with Gasteiger partial charge in [-0.3, -0.25) is 0 Å². The Balaban J connectivity index is 2.06. The molecule has 94 valence electrons. The van der Waals surface area contributed by atoms with Gasteiger partial charge in [0.25, 0.3) is 0 Å². The first-order valence-corrected chi connectivity index (χ1v) is 6.31. The van der Waals surface area contributed by atoms with Gasteiger partial charge in [0.2, 0.25) is 0 Å². The van der Waals surface area contributed by atoms with E-state index in [4.69, 9.17) is 0 Å². The number of hydrogen-bond donors (Lipinski definition) is 1. The predicted molar refractivity (Wildman–Crippen MR) is 64.9 cm³/mol. The third-order valence-corrected chi connectivity index (χ3v) is 3.72. The van der Waals surface area contributed by atoms with E-state index in [1.807, 2.05) is 7.05 Å². The Bertz CT molecular complexity index is 352. The van der Waals surface area contributed by atoms with E-state index in [0.717, 1.165) is 11.6 Å². The Morgan fingerprint density at radius 2 is 1.76 bits per heavy atom. The Morgan fingerprint density at radius 1 is 1.18 bits per heavy atom. The van der Waals surface area contributed by atoms with Crippen LogP contribution in [0, 0.1) is 17.6 Å².